The van der Waals surface area contributed by atoms with Crippen molar-refractivity contribution in [2.75, 3.05) is 26.2 Å². The van der Waals surface area contributed by atoms with E-state index in [0.717, 1.165) is 45.3 Å². The second kappa shape index (κ2) is 9.00. The SMILES string of the molecule is CC(=O)N(CC(=O)O)C1CCCN(CCc2ccc3ccccc3c2)CC1. The largest absolute Gasteiger partial charge is 0.480 e. The average Bonchev–Trinajstić information content (AvgIpc) is 2.89. The third kappa shape index (κ3) is 5.30. The van der Waals surface area contributed by atoms with Gasteiger partial charge in [0.1, 0.15) is 6.54 Å². The Morgan fingerprint density at radius 2 is 1.89 bits per heavy atom. The molecule has 1 aliphatic rings. The molecule has 1 heterocycles. The number of aliphatic carboxylic acids is 1. The summed E-state index contributed by atoms with van der Waals surface area (Å²) in [5, 5.41) is 11.6. The maximum Gasteiger partial charge on any atom is 0.323 e. The molecular weight excluding hydrogens is 340 g/mol. The Balaban J connectivity index is 1.55. The summed E-state index contributed by atoms with van der Waals surface area (Å²) in [4.78, 5) is 26.9. The number of hydrogen-bond acceptors (Lipinski definition) is 3. The van der Waals surface area contributed by atoms with Gasteiger partial charge in [0.2, 0.25) is 5.91 Å². The summed E-state index contributed by atoms with van der Waals surface area (Å²) in [5.74, 6) is -1.09. The molecule has 2 aromatic carbocycles. The molecule has 0 radical (unpaired) electrons. The molecule has 0 saturated carbocycles. The first-order valence-corrected chi connectivity index (χ1v) is 9.72. The van der Waals surface area contributed by atoms with Crippen LogP contribution in [0, 0.1) is 0 Å². The van der Waals surface area contributed by atoms with Crippen molar-refractivity contribution in [1.82, 2.24) is 9.80 Å². The lowest BCUT2D eigenvalue weighted by molar-refractivity contribution is -0.145. The van der Waals surface area contributed by atoms with Crippen LogP contribution in [0.4, 0.5) is 0 Å². The van der Waals surface area contributed by atoms with Crippen molar-refractivity contribution >= 4 is 22.6 Å². The van der Waals surface area contributed by atoms with Crippen molar-refractivity contribution in [3.8, 4) is 0 Å². The van der Waals surface area contributed by atoms with E-state index in [2.05, 4.69) is 47.4 Å². The molecule has 0 aromatic heterocycles. The first kappa shape index (κ1) is 19.4. The number of fused-ring (bicyclic) bond motifs is 1. The molecule has 0 aliphatic carbocycles. The lowest BCUT2D eigenvalue weighted by atomic mass is 10.0. The molecule has 2 aromatic rings. The second-order valence-corrected chi connectivity index (χ2v) is 7.40. The molecule has 1 N–H and O–H groups in total. The molecule has 1 aliphatic heterocycles. The van der Waals surface area contributed by atoms with E-state index in [1.54, 1.807) is 0 Å². The zero-order valence-electron chi connectivity index (χ0n) is 15.9. The summed E-state index contributed by atoms with van der Waals surface area (Å²) in [6.45, 7) is 4.16. The molecule has 1 amide bonds. The van der Waals surface area contributed by atoms with E-state index in [1.807, 2.05) is 0 Å². The maximum atomic E-state index is 11.8. The quantitative estimate of drug-likeness (QED) is 0.851. The van der Waals surface area contributed by atoms with Crippen LogP contribution >= 0.6 is 0 Å². The van der Waals surface area contributed by atoms with Crippen molar-refractivity contribution in [3.05, 3.63) is 48.0 Å². The predicted molar refractivity (Wildman–Crippen MR) is 107 cm³/mol. The van der Waals surface area contributed by atoms with Crippen molar-refractivity contribution in [3.63, 3.8) is 0 Å². The maximum absolute atomic E-state index is 11.8. The smallest absolute Gasteiger partial charge is 0.323 e. The summed E-state index contributed by atoms with van der Waals surface area (Å²) in [6.07, 6.45) is 3.71. The highest BCUT2D eigenvalue weighted by Crippen LogP contribution is 2.19. The van der Waals surface area contributed by atoms with Gasteiger partial charge in [-0.25, -0.2) is 0 Å². The van der Waals surface area contributed by atoms with Crippen molar-refractivity contribution < 1.29 is 14.7 Å². The van der Waals surface area contributed by atoms with Gasteiger partial charge in [-0.1, -0.05) is 42.5 Å². The van der Waals surface area contributed by atoms with E-state index in [9.17, 15) is 9.59 Å². The van der Waals surface area contributed by atoms with Crippen molar-refractivity contribution in [2.24, 2.45) is 0 Å². The van der Waals surface area contributed by atoms with Gasteiger partial charge in [0.05, 0.1) is 0 Å². The highest BCUT2D eigenvalue weighted by atomic mass is 16.4. The van der Waals surface area contributed by atoms with Gasteiger partial charge in [-0.15, -0.1) is 0 Å². The van der Waals surface area contributed by atoms with Gasteiger partial charge in [0.15, 0.2) is 0 Å². The predicted octanol–water partition coefficient (Wildman–Crippen LogP) is 3.17. The van der Waals surface area contributed by atoms with Gasteiger partial charge < -0.3 is 14.9 Å². The molecule has 1 unspecified atom stereocenters. The molecule has 0 bridgehead atoms. The molecule has 5 heteroatoms. The van der Waals surface area contributed by atoms with Crippen LogP contribution in [0.1, 0.15) is 31.7 Å². The van der Waals surface area contributed by atoms with Crippen LogP contribution in [0.15, 0.2) is 42.5 Å². The van der Waals surface area contributed by atoms with Gasteiger partial charge in [-0.3, -0.25) is 9.59 Å². The van der Waals surface area contributed by atoms with Crippen LogP contribution in [0.3, 0.4) is 0 Å². The summed E-state index contributed by atoms with van der Waals surface area (Å²) in [7, 11) is 0. The summed E-state index contributed by atoms with van der Waals surface area (Å²) >= 11 is 0. The number of carbonyl (C=O) groups excluding carboxylic acids is 1. The zero-order valence-corrected chi connectivity index (χ0v) is 15.9. The number of nitrogens with zero attached hydrogens (tertiary/aromatic N) is 2. The second-order valence-electron chi connectivity index (χ2n) is 7.40. The Hall–Kier alpha value is -2.40. The van der Waals surface area contributed by atoms with Gasteiger partial charge >= 0.3 is 5.97 Å². The molecular formula is C22H28N2O3. The average molecular weight is 368 g/mol. The van der Waals surface area contributed by atoms with Gasteiger partial charge in [-0.2, -0.15) is 0 Å². The Bertz CT molecular complexity index is 805. The third-order valence-electron chi connectivity index (χ3n) is 5.47. The molecule has 144 valence electrons. The highest BCUT2D eigenvalue weighted by Gasteiger charge is 2.25. The lowest BCUT2D eigenvalue weighted by Crippen LogP contribution is -2.42. The molecule has 3 rings (SSSR count). The minimum absolute atomic E-state index is 0.0317. The Morgan fingerprint density at radius 3 is 2.63 bits per heavy atom. The van der Waals surface area contributed by atoms with Gasteiger partial charge in [0, 0.05) is 26.1 Å². The van der Waals surface area contributed by atoms with E-state index in [1.165, 1.54) is 28.2 Å². The van der Waals surface area contributed by atoms with Crippen LogP contribution in [0.2, 0.25) is 0 Å². The monoisotopic (exact) mass is 368 g/mol. The minimum atomic E-state index is -0.942. The summed E-state index contributed by atoms with van der Waals surface area (Å²) in [5.41, 5.74) is 1.34. The molecule has 5 nitrogen and oxygen atoms in total. The summed E-state index contributed by atoms with van der Waals surface area (Å²) in [6, 6.07) is 15.1. The fraction of sp³-hybridized carbons (Fsp3) is 0.455. The molecule has 1 fully saturated rings. The first-order chi connectivity index (χ1) is 13.0. The fourth-order valence-corrected chi connectivity index (χ4v) is 4.00. The Morgan fingerprint density at radius 1 is 1.11 bits per heavy atom. The number of hydrogen-bond donors (Lipinski definition) is 1. The third-order valence-corrected chi connectivity index (χ3v) is 5.47. The zero-order chi connectivity index (χ0) is 19.2. The number of benzene rings is 2. The minimum Gasteiger partial charge on any atom is -0.480 e. The van der Waals surface area contributed by atoms with Crippen LogP contribution in [-0.4, -0.2) is 59.0 Å². The van der Waals surface area contributed by atoms with E-state index >= 15 is 0 Å². The number of amides is 1. The molecule has 1 saturated heterocycles. The van der Waals surface area contributed by atoms with E-state index in [-0.39, 0.29) is 18.5 Å². The number of rotatable bonds is 6. The van der Waals surface area contributed by atoms with Crippen molar-refractivity contribution in [2.45, 2.75) is 38.6 Å². The topological polar surface area (TPSA) is 60.9 Å². The van der Waals surface area contributed by atoms with E-state index in [0.29, 0.717) is 0 Å². The number of carbonyl (C=O) groups is 2. The first-order valence-electron chi connectivity index (χ1n) is 9.72. The fourth-order valence-electron chi connectivity index (χ4n) is 4.00. The van der Waals surface area contributed by atoms with E-state index < -0.39 is 5.97 Å². The standard InChI is InChI=1S/C22H28N2O3/c1-17(25)24(16-22(26)27)21-7-4-12-23(14-11-21)13-10-18-8-9-19-5-2-3-6-20(19)15-18/h2-3,5-6,8-9,15,21H,4,7,10-14,16H2,1H3,(H,26,27). The highest BCUT2D eigenvalue weighted by molar-refractivity contribution is 5.83. The number of carboxylic acid groups (broad SMARTS) is 1. The normalized spacial score (nSPS) is 18.2. The Labute approximate surface area is 160 Å². The van der Waals surface area contributed by atoms with E-state index in [4.69, 9.17) is 5.11 Å². The number of likely N-dealkylation sites (tertiary alicyclic amines) is 1. The molecule has 0 spiro atoms. The Kier molecular flexibility index (Phi) is 6.45. The van der Waals surface area contributed by atoms with Gasteiger partial charge in [0.25, 0.3) is 0 Å². The lowest BCUT2D eigenvalue weighted by Gasteiger charge is -2.29. The number of carboxylic acids is 1. The van der Waals surface area contributed by atoms with Crippen LogP contribution in [-0.2, 0) is 16.0 Å². The van der Waals surface area contributed by atoms with Crippen molar-refractivity contribution in [1.29, 1.82) is 0 Å². The molecule has 27 heavy (non-hydrogen) atoms. The van der Waals surface area contributed by atoms with Crippen LogP contribution < -0.4 is 0 Å². The summed E-state index contributed by atoms with van der Waals surface area (Å²) < 4.78 is 0. The molecule has 1 atom stereocenters. The van der Waals surface area contributed by atoms with Crippen LogP contribution in [0.25, 0.3) is 10.8 Å². The van der Waals surface area contributed by atoms with Crippen LogP contribution in [0.5, 0.6) is 0 Å². The van der Waals surface area contributed by atoms with Gasteiger partial charge in [-0.05, 0) is 48.6 Å².